The molecule has 0 fully saturated rings. The third-order valence-electron chi connectivity index (χ3n) is 3.15. The highest BCUT2D eigenvalue weighted by molar-refractivity contribution is 5.88. The highest BCUT2D eigenvalue weighted by Gasteiger charge is 2.04. The number of aliphatic imine (C=N–C) groups is 1. The van der Waals surface area contributed by atoms with Gasteiger partial charge in [0.05, 0.1) is 0 Å². The van der Waals surface area contributed by atoms with E-state index in [0.29, 0.717) is 6.04 Å². The van der Waals surface area contributed by atoms with E-state index in [1.165, 1.54) is 22.3 Å². The minimum atomic E-state index is 0.336. The molecule has 0 saturated carbocycles. The largest absolute Gasteiger partial charge is 0.290 e. The molecule has 0 spiro atoms. The molecule has 0 aliphatic heterocycles. The summed E-state index contributed by atoms with van der Waals surface area (Å²) in [5, 5.41) is 0. The Labute approximate surface area is 121 Å². The SMILES string of the molecule is CC(=CC=NC(C)C)c1ccccc1-c1ccccc1. The second kappa shape index (κ2) is 6.85. The first-order valence-corrected chi connectivity index (χ1v) is 7.03. The molecule has 0 aliphatic carbocycles. The first kappa shape index (κ1) is 14.3. The van der Waals surface area contributed by atoms with E-state index in [1.807, 2.05) is 12.3 Å². The molecule has 2 aromatic rings. The summed E-state index contributed by atoms with van der Waals surface area (Å²) in [6, 6.07) is 19.3. The van der Waals surface area contributed by atoms with E-state index < -0.39 is 0 Å². The predicted molar refractivity (Wildman–Crippen MR) is 89.2 cm³/mol. The monoisotopic (exact) mass is 263 g/mol. The molecule has 0 unspecified atom stereocenters. The second-order valence-corrected chi connectivity index (χ2v) is 5.15. The van der Waals surface area contributed by atoms with E-state index in [-0.39, 0.29) is 0 Å². The molecule has 102 valence electrons. The molecular weight excluding hydrogens is 242 g/mol. The van der Waals surface area contributed by atoms with Crippen LogP contribution in [0.15, 0.2) is 65.7 Å². The molecule has 0 amide bonds. The lowest BCUT2D eigenvalue weighted by molar-refractivity contribution is 0.842. The average Bonchev–Trinajstić information content (AvgIpc) is 2.47. The first-order valence-electron chi connectivity index (χ1n) is 7.03. The Balaban J connectivity index is 2.38. The Hall–Kier alpha value is -2.15. The van der Waals surface area contributed by atoms with Crippen LogP contribution in [0.1, 0.15) is 26.3 Å². The standard InChI is InChI=1S/C19H21N/c1-15(2)20-14-13-16(3)18-11-7-8-12-19(18)17-9-5-4-6-10-17/h4-15H,1-3H3. The van der Waals surface area contributed by atoms with Crippen LogP contribution >= 0.6 is 0 Å². The van der Waals surface area contributed by atoms with Crippen molar-refractivity contribution >= 4 is 11.8 Å². The molecule has 0 bridgehead atoms. The van der Waals surface area contributed by atoms with Crippen LogP contribution in [-0.4, -0.2) is 12.3 Å². The summed E-state index contributed by atoms with van der Waals surface area (Å²) in [4.78, 5) is 4.39. The van der Waals surface area contributed by atoms with E-state index in [9.17, 15) is 0 Å². The second-order valence-electron chi connectivity index (χ2n) is 5.15. The molecule has 0 radical (unpaired) electrons. The summed E-state index contributed by atoms with van der Waals surface area (Å²) in [5.74, 6) is 0. The van der Waals surface area contributed by atoms with Gasteiger partial charge in [0.25, 0.3) is 0 Å². The average molecular weight is 263 g/mol. The number of hydrogen-bond donors (Lipinski definition) is 0. The van der Waals surface area contributed by atoms with Crippen LogP contribution in [0, 0.1) is 0 Å². The summed E-state index contributed by atoms with van der Waals surface area (Å²) in [6.45, 7) is 6.29. The third-order valence-corrected chi connectivity index (χ3v) is 3.15. The van der Waals surface area contributed by atoms with Crippen molar-refractivity contribution in [3.8, 4) is 11.1 Å². The van der Waals surface area contributed by atoms with Crippen molar-refractivity contribution in [3.63, 3.8) is 0 Å². The fourth-order valence-corrected chi connectivity index (χ4v) is 2.11. The lowest BCUT2D eigenvalue weighted by Gasteiger charge is -2.09. The zero-order chi connectivity index (χ0) is 14.4. The van der Waals surface area contributed by atoms with E-state index in [2.05, 4.69) is 80.4 Å². The van der Waals surface area contributed by atoms with Gasteiger partial charge in [0.15, 0.2) is 0 Å². The van der Waals surface area contributed by atoms with Crippen LogP contribution in [0.3, 0.4) is 0 Å². The van der Waals surface area contributed by atoms with Crippen LogP contribution in [0.4, 0.5) is 0 Å². The van der Waals surface area contributed by atoms with Gasteiger partial charge < -0.3 is 0 Å². The van der Waals surface area contributed by atoms with Crippen LogP contribution in [-0.2, 0) is 0 Å². The predicted octanol–water partition coefficient (Wildman–Crippen LogP) is 5.24. The van der Waals surface area contributed by atoms with Crippen LogP contribution in [0.25, 0.3) is 16.7 Å². The van der Waals surface area contributed by atoms with Crippen LogP contribution < -0.4 is 0 Å². The van der Waals surface area contributed by atoms with Gasteiger partial charge in [-0.25, -0.2) is 0 Å². The van der Waals surface area contributed by atoms with Crippen molar-refractivity contribution in [2.45, 2.75) is 26.8 Å². The Morgan fingerprint density at radius 2 is 1.60 bits per heavy atom. The van der Waals surface area contributed by atoms with Crippen molar-refractivity contribution in [2.75, 3.05) is 0 Å². The number of rotatable bonds is 4. The maximum absolute atomic E-state index is 4.39. The summed E-state index contributed by atoms with van der Waals surface area (Å²) < 4.78 is 0. The maximum atomic E-state index is 4.39. The van der Waals surface area contributed by atoms with Crippen molar-refractivity contribution in [1.82, 2.24) is 0 Å². The lowest BCUT2D eigenvalue weighted by atomic mass is 9.95. The highest BCUT2D eigenvalue weighted by Crippen LogP contribution is 2.28. The number of nitrogens with zero attached hydrogens (tertiary/aromatic N) is 1. The van der Waals surface area contributed by atoms with E-state index in [0.717, 1.165) is 0 Å². The van der Waals surface area contributed by atoms with Gasteiger partial charge in [0, 0.05) is 12.3 Å². The minimum absolute atomic E-state index is 0.336. The Bertz CT molecular complexity index is 607. The Kier molecular flexibility index (Phi) is 4.89. The zero-order valence-corrected chi connectivity index (χ0v) is 12.4. The van der Waals surface area contributed by atoms with Crippen molar-refractivity contribution in [2.24, 2.45) is 4.99 Å². The molecule has 1 heteroatoms. The summed E-state index contributed by atoms with van der Waals surface area (Å²) in [5.41, 5.74) is 5.00. The van der Waals surface area contributed by atoms with Crippen molar-refractivity contribution in [3.05, 3.63) is 66.2 Å². The lowest BCUT2D eigenvalue weighted by Crippen LogP contribution is -1.89. The molecule has 0 saturated heterocycles. The molecule has 0 heterocycles. The topological polar surface area (TPSA) is 12.4 Å². The highest BCUT2D eigenvalue weighted by atomic mass is 14.7. The molecular formula is C19H21N. The number of hydrogen-bond acceptors (Lipinski definition) is 1. The quantitative estimate of drug-likeness (QED) is 0.669. The van der Waals surface area contributed by atoms with Crippen molar-refractivity contribution < 1.29 is 0 Å². The normalized spacial score (nSPS) is 12.3. The van der Waals surface area contributed by atoms with Crippen LogP contribution in [0.2, 0.25) is 0 Å². The number of benzene rings is 2. The van der Waals surface area contributed by atoms with Gasteiger partial charge in [0.1, 0.15) is 0 Å². The fraction of sp³-hybridized carbons (Fsp3) is 0.211. The maximum Gasteiger partial charge on any atom is 0.0443 e. The molecule has 0 aromatic heterocycles. The summed E-state index contributed by atoms with van der Waals surface area (Å²) >= 11 is 0. The van der Waals surface area contributed by atoms with Gasteiger partial charge >= 0.3 is 0 Å². The minimum Gasteiger partial charge on any atom is -0.290 e. The molecule has 2 aromatic carbocycles. The fourth-order valence-electron chi connectivity index (χ4n) is 2.11. The van der Waals surface area contributed by atoms with Gasteiger partial charge in [-0.1, -0.05) is 54.6 Å². The molecule has 0 atom stereocenters. The van der Waals surface area contributed by atoms with Gasteiger partial charge in [-0.3, -0.25) is 4.99 Å². The summed E-state index contributed by atoms with van der Waals surface area (Å²) in [6.07, 6.45) is 3.99. The molecule has 20 heavy (non-hydrogen) atoms. The zero-order valence-electron chi connectivity index (χ0n) is 12.4. The third kappa shape index (κ3) is 3.67. The van der Waals surface area contributed by atoms with E-state index in [4.69, 9.17) is 0 Å². The smallest absolute Gasteiger partial charge is 0.0443 e. The van der Waals surface area contributed by atoms with Gasteiger partial charge in [-0.05, 0) is 49.1 Å². The van der Waals surface area contributed by atoms with E-state index >= 15 is 0 Å². The number of allylic oxidation sites excluding steroid dienone is 2. The Morgan fingerprint density at radius 3 is 2.30 bits per heavy atom. The van der Waals surface area contributed by atoms with E-state index in [1.54, 1.807) is 0 Å². The molecule has 0 aliphatic rings. The Morgan fingerprint density at radius 1 is 0.950 bits per heavy atom. The summed E-state index contributed by atoms with van der Waals surface area (Å²) in [7, 11) is 0. The van der Waals surface area contributed by atoms with Crippen molar-refractivity contribution in [1.29, 1.82) is 0 Å². The van der Waals surface area contributed by atoms with Gasteiger partial charge in [-0.2, -0.15) is 0 Å². The molecule has 2 rings (SSSR count). The van der Waals surface area contributed by atoms with Gasteiger partial charge in [-0.15, -0.1) is 0 Å². The first-order chi connectivity index (χ1) is 9.68. The van der Waals surface area contributed by atoms with Gasteiger partial charge in [0.2, 0.25) is 0 Å². The molecule has 1 nitrogen and oxygen atoms in total. The molecule has 0 N–H and O–H groups in total. The van der Waals surface area contributed by atoms with Crippen LogP contribution in [0.5, 0.6) is 0 Å².